The van der Waals surface area contributed by atoms with Crippen LogP contribution in [0.4, 0.5) is 0 Å². The number of rotatable bonds is 13. The molecular weight excluding hydrogens is 268 g/mol. The maximum Gasteiger partial charge on any atom is 0.347 e. The fourth-order valence-electron chi connectivity index (χ4n) is 2.18. The third-order valence-electron chi connectivity index (χ3n) is 3.42. The second-order valence-electron chi connectivity index (χ2n) is 5.60. The third kappa shape index (κ3) is 13.7. The molecule has 124 valence electrons. The van der Waals surface area contributed by atoms with Crippen molar-refractivity contribution in [3.05, 3.63) is 0 Å². The van der Waals surface area contributed by atoms with Crippen molar-refractivity contribution in [1.29, 1.82) is 0 Å². The van der Waals surface area contributed by atoms with Gasteiger partial charge in [0.25, 0.3) is 0 Å². The lowest BCUT2D eigenvalue weighted by Gasteiger charge is -2.11. The van der Waals surface area contributed by atoms with E-state index in [2.05, 4.69) is 6.92 Å². The molecule has 0 unspecified atom stereocenters. The lowest BCUT2D eigenvalue weighted by molar-refractivity contribution is -0.165. The predicted molar refractivity (Wildman–Crippen MR) is 84.0 cm³/mol. The molecule has 0 saturated heterocycles. The maximum absolute atomic E-state index is 11.4. The Morgan fingerprint density at radius 3 is 1.81 bits per heavy atom. The molecular formula is C17H32O4. The van der Waals surface area contributed by atoms with E-state index in [0.717, 1.165) is 12.8 Å². The van der Waals surface area contributed by atoms with Crippen LogP contribution >= 0.6 is 0 Å². The fourth-order valence-corrected chi connectivity index (χ4v) is 2.18. The van der Waals surface area contributed by atoms with Crippen LogP contribution in [0.3, 0.4) is 0 Å². The summed E-state index contributed by atoms with van der Waals surface area (Å²) in [7, 11) is 0. The summed E-state index contributed by atoms with van der Waals surface area (Å²) in [5.74, 6) is -0.917. The first-order chi connectivity index (χ1) is 10.1. The van der Waals surface area contributed by atoms with E-state index in [1.165, 1.54) is 65.2 Å². The summed E-state index contributed by atoms with van der Waals surface area (Å²) in [5.41, 5.74) is 0. The minimum absolute atomic E-state index is 0.418. The molecule has 0 aromatic rings. The Labute approximate surface area is 129 Å². The van der Waals surface area contributed by atoms with Gasteiger partial charge in [-0.05, 0) is 13.3 Å². The summed E-state index contributed by atoms with van der Waals surface area (Å²) in [6.07, 6.45) is 11.7. The average Bonchev–Trinajstić information content (AvgIpc) is 2.43. The summed E-state index contributed by atoms with van der Waals surface area (Å²) < 4.78 is 9.81. The summed E-state index contributed by atoms with van der Waals surface area (Å²) in [6, 6.07) is 0. The molecule has 0 amide bonds. The van der Waals surface area contributed by atoms with E-state index in [-0.39, 0.29) is 0 Å². The molecule has 0 spiro atoms. The fraction of sp³-hybridized carbons (Fsp3) is 0.882. The molecule has 0 aliphatic carbocycles. The van der Waals surface area contributed by atoms with Gasteiger partial charge >= 0.3 is 11.9 Å². The highest BCUT2D eigenvalue weighted by Gasteiger charge is 2.16. The molecule has 0 aliphatic rings. The molecule has 0 fully saturated rings. The number of esters is 2. The summed E-state index contributed by atoms with van der Waals surface area (Å²) in [6.45, 7) is 5.47. The molecule has 0 aliphatic heterocycles. The second-order valence-corrected chi connectivity index (χ2v) is 5.60. The van der Waals surface area contributed by atoms with Crippen LogP contribution in [-0.4, -0.2) is 24.6 Å². The Balaban J connectivity index is 3.28. The Morgan fingerprint density at radius 1 is 0.857 bits per heavy atom. The van der Waals surface area contributed by atoms with Gasteiger partial charge in [-0.1, -0.05) is 64.7 Å². The van der Waals surface area contributed by atoms with Gasteiger partial charge in [-0.3, -0.25) is 4.79 Å². The highest BCUT2D eigenvalue weighted by Crippen LogP contribution is 2.10. The summed E-state index contributed by atoms with van der Waals surface area (Å²) in [4.78, 5) is 22.1. The predicted octanol–water partition coefficient (Wildman–Crippen LogP) is 4.40. The van der Waals surface area contributed by atoms with Crippen LogP contribution in [0.1, 0.15) is 85.0 Å². The Bertz CT molecular complexity index is 276. The van der Waals surface area contributed by atoms with Crippen LogP contribution in [0.2, 0.25) is 0 Å². The highest BCUT2D eigenvalue weighted by atomic mass is 16.6. The van der Waals surface area contributed by atoms with Gasteiger partial charge in [-0.25, -0.2) is 4.79 Å². The Morgan fingerprint density at radius 2 is 1.33 bits per heavy atom. The standard InChI is InChI=1S/C17H32O4/c1-4-5-6-7-8-9-10-11-12-13-14-20-17(19)15(2)21-16(3)18/h15H,4-14H2,1-3H3/t15-/m1/s1. The SMILES string of the molecule is CCCCCCCCCCCCOC(=O)[C@@H](C)OC(C)=O. The van der Waals surface area contributed by atoms with E-state index in [1.807, 2.05) is 0 Å². The maximum atomic E-state index is 11.4. The van der Waals surface area contributed by atoms with Crippen molar-refractivity contribution in [2.75, 3.05) is 6.61 Å². The lowest BCUT2D eigenvalue weighted by atomic mass is 10.1. The quantitative estimate of drug-likeness (QED) is 0.373. The molecule has 0 saturated carbocycles. The van der Waals surface area contributed by atoms with Crippen molar-refractivity contribution < 1.29 is 19.1 Å². The van der Waals surface area contributed by atoms with E-state index < -0.39 is 18.0 Å². The molecule has 0 bridgehead atoms. The molecule has 0 N–H and O–H groups in total. The highest BCUT2D eigenvalue weighted by molar-refractivity contribution is 5.78. The molecule has 1 atom stereocenters. The smallest absolute Gasteiger partial charge is 0.347 e. The number of hydrogen-bond acceptors (Lipinski definition) is 4. The number of hydrogen-bond donors (Lipinski definition) is 0. The zero-order valence-electron chi connectivity index (χ0n) is 14.0. The Kier molecular flexibility index (Phi) is 13.2. The van der Waals surface area contributed by atoms with Gasteiger partial charge in [0.2, 0.25) is 0 Å². The molecule has 0 aromatic carbocycles. The van der Waals surface area contributed by atoms with Crippen molar-refractivity contribution in [3.63, 3.8) is 0 Å². The van der Waals surface area contributed by atoms with E-state index in [4.69, 9.17) is 9.47 Å². The molecule has 21 heavy (non-hydrogen) atoms. The minimum atomic E-state index is -0.800. The normalized spacial score (nSPS) is 12.0. The van der Waals surface area contributed by atoms with Crippen molar-refractivity contribution in [2.24, 2.45) is 0 Å². The zero-order chi connectivity index (χ0) is 15.9. The van der Waals surface area contributed by atoms with Crippen LogP contribution in [0.25, 0.3) is 0 Å². The van der Waals surface area contributed by atoms with E-state index >= 15 is 0 Å². The largest absolute Gasteiger partial charge is 0.463 e. The minimum Gasteiger partial charge on any atom is -0.463 e. The number of ether oxygens (including phenoxy) is 2. The summed E-state index contributed by atoms with van der Waals surface area (Å²) in [5, 5.41) is 0. The van der Waals surface area contributed by atoms with Crippen molar-refractivity contribution >= 4 is 11.9 Å². The van der Waals surface area contributed by atoms with Gasteiger partial charge in [-0.15, -0.1) is 0 Å². The van der Waals surface area contributed by atoms with Crippen LogP contribution in [-0.2, 0) is 19.1 Å². The first-order valence-electron chi connectivity index (χ1n) is 8.41. The van der Waals surface area contributed by atoms with Crippen LogP contribution < -0.4 is 0 Å². The van der Waals surface area contributed by atoms with Gasteiger partial charge in [0.05, 0.1) is 6.61 Å². The third-order valence-corrected chi connectivity index (χ3v) is 3.42. The zero-order valence-corrected chi connectivity index (χ0v) is 14.0. The Hall–Kier alpha value is -1.06. The molecule has 4 heteroatoms. The second kappa shape index (κ2) is 13.9. The lowest BCUT2D eigenvalue weighted by Crippen LogP contribution is -2.25. The van der Waals surface area contributed by atoms with E-state index in [0.29, 0.717) is 6.61 Å². The van der Waals surface area contributed by atoms with Crippen LogP contribution in [0.5, 0.6) is 0 Å². The first-order valence-corrected chi connectivity index (χ1v) is 8.41. The van der Waals surface area contributed by atoms with Gasteiger partial charge in [-0.2, -0.15) is 0 Å². The molecule has 4 nitrogen and oxygen atoms in total. The molecule has 0 radical (unpaired) electrons. The molecule has 0 aromatic heterocycles. The van der Waals surface area contributed by atoms with Gasteiger partial charge in [0.1, 0.15) is 0 Å². The number of carbonyl (C=O) groups is 2. The monoisotopic (exact) mass is 300 g/mol. The van der Waals surface area contributed by atoms with E-state index in [9.17, 15) is 9.59 Å². The van der Waals surface area contributed by atoms with Gasteiger partial charge in [0.15, 0.2) is 6.10 Å². The van der Waals surface area contributed by atoms with Crippen molar-refractivity contribution in [3.8, 4) is 0 Å². The average molecular weight is 300 g/mol. The number of carbonyl (C=O) groups excluding carboxylic acids is 2. The van der Waals surface area contributed by atoms with Crippen LogP contribution in [0.15, 0.2) is 0 Å². The number of unbranched alkanes of at least 4 members (excludes halogenated alkanes) is 9. The summed E-state index contributed by atoms with van der Waals surface area (Å²) >= 11 is 0. The van der Waals surface area contributed by atoms with Crippen molar-refractivity contribution in [1.82, 2.24) is 0 Å². The first kappa shape index (κ1) is 19.9. The van der Waals surface area contributed by atoms with E-state index in [1.54, 1.807) is 0 Å². The topological polar surface area (TPSA) is 52.6 Å². The van der Waals surface area contributed by atoms with Gasteiger partial charge < -0.3 is 9.47 Å². The molecule has 0 heterocycles. The van der Waals surface area contributed by atoms with Gasteiger partial charge in [0, 0.05) is 6.92 Å². The molecule has 0 rings (SSSR count). The van der Waals surface area contributed by atoms with Crippen molar-refractivity contribution in [2.45, 2.75) is 91.1 Å². The van der Waals surface area contributed by atoms with Crippen LogP contribution in [0, 0.1) is 0 Å².